The van der Waals surface area contributed by atoms with Crippen molar-refractivity contribution in [1.29, 1.82) is 0 Å². The summed E-state index contributed by atoms with van der Waals surface area (Å²) in [4.78, 5) is 26.2. The van der Waals surface area contributed by atoms with Crippen LogP contribution in [-0.2, 0) is 4.74 Å². The molecule has 0 radical (unpaired) electrons. The summed E-state index contributed by atoms with van der Waals surface area (Å²) in [6.45, 7) is 2.41. The summed E-state index contributed by atoms with van der Waals surface area (Å²) in [6, 6.07) is 2.69. The van der Waals surface area contributed by atoms with E-state index < -0.39 is 5.97 Å². The number of aromatic nitrogens is 1. The lowest BCUT2D eigenvalue weighted by Gasteiger charge is -2.13. The van der Waals surface area contributed by atoms with Crippen LogP contribution in [0.25, 0.3) is 0 Å². The van der Waals surface area contributed by atoms with Crippen LogP contribution in [-0.4, -0.2) is 41.7 Å². The SMILES string of the molecule is COCCC(C)NC(=O)c1ccnc(C(=O)O)c1. The highest BCUT2D eigenvalue weighted by Crippen LogP contribution is 2.03. The number of carboxylic acid groups (broad SMARTS) is 1. The number of carbonyl (C=O) groups excluding carboxylic acids is 1. The number of amides is 1. The van der Waals surface area contributed by atoms with E-state index in [9.17, 15) is 9.59 Å². The number of hydrogen-bond acceptors (Lipinski definition) is 4. The molecule has 0 aliphatic rings. The number of nitrogens with zero attached hydrogens (tertiary/aromatic N) is 1. The Kier molecular flexibility index (Phi) is 5.26. The average Bonchev–Trinajstić information content (AvgIpc) is 2.36. The van der Waals surface area contributed by atoms with Gasteiger partial charge in [0, 0.05) is 31.5 Å². The van der Waals surface area contributed by atoms with Gasteiger partial charge in [0.2, 0.25) is 0 Å². The van der Waals surface area contributed by atoms with Crippen LogP contribution in [0.1, 0.15) is 34.2 Å². The van der Waals surface area contributed by atoms with Crippen LogP contribution < -0.4 is 5.32 Å². The molecule has 1 heterocycles. The first-order chi connectivity index (χ1) is 8.54. The van der Waals surface area contributed by atoms with Gasteiger partial charge in [-0.25, -0.2) is 9.78 Å². The second-order valence-corrected chi connectivity index (χ2v) is 3.89. The smallest absolute Gasteiger partial charge is 0.354 e. The maximum atomic E-state index is 11.8. The monoisotopic (exact) mass is 252 g/mol. The van der Waals surface area contributed by atoms with E-state index >= 15 is 0 Å². The van der Waals surface area contributed by atoms with Gasteiger partial charge < -0.3 is 15.2 Å². The summed E-state index contributed by atoms with van der Waals surface area (Å²) >= 11 is 0. The van der Waals surface area contributed by atoms with Gasteiger partial charge in [0.05, 0.1) is 0 Å². The van der Waals surface area contributed by atoms with E-state index in [2.05, 4.69) is 10.3 Å². The summed E-state index contributed by atoms with van der Waals surface area (Å²) in [7, 11) is 1.59. The molecule has 1 aromatic rings. The first kappa shape index (κ1) is 14.1. The summed E-state index contributed by atoms with van der Waals surface area (Å²) in [5.41, 5.74) is 0.138. The fourth-order valence-corrected chi connectivity index (χ4v) is 1.36. The molecule has 1 amide bonds. The Bertz CT molecular complexity index is 434. The molecule has 0 aliphatic heterocycles. The molecule has 1 rings (SSSR count). The maximum absolute atomic E-state index is 11.8. The largest absolute Gasteiger partial charge is 0.477 e. The molecule has 0 bridgehead atoms. The predicted octanol–water partition coefficient (Wildman–Crippen LogP) is 0.935. The van der Waals surface area contributed by atoms with Crippen molar-refractivity contribution in [2.75, 3.05) is 13.7 Å². The molecule has 2 N–H and O–H groups in total. The Morgan fingerprint density at radius 1 is 1.56 bits per heavy atom. The highest BCUT2D eigenvalue weighted by atomic mass is 16.5. The minimum atomic E-state index is -1.16. The van der Waals surface area contributed by atoms with Gasteiger partial charge in [-0.2, -0.15) is 0 Å². The minimum Gasteiger partial charge on any atom is -0.477 e. The van der Waals surface area contributed by atoms with E-state index in [1.54, 1.807) is 7.11 Å². The van der Waals surface area contributed by atoms with E-state index in [1.807, 2.05) is 6.92 Å². The number of rotatable bonds is 6. The third-order valence-corrected chi connectivity index (χ3v) is 2.37. The molecule has 18 heavy (non-hydrogen) atoms. The molecule has 0 fully saturated rings. The van der Waals surface area contributed by atoms with Gasteiger partial charge >= 0.3 is 5.97 Å². The Labute approximate surface area is 105 Å². The molecule has 6 heteroatoms. The highest BCUT2D eigenvalue weighted by molar-refractivity contribution is 5.96. The fourth-order valence-electron chi connectivity index (χ4n) is 1.36. The third kappa shape index (κ3) is 4.14. The molecule has 0 saturated heterocycles. The molecule has 0 aliphatic carbocycles. The number of methoxy groups -OCH3 is 1. The Morgan fingerprint density at radius 2 is 2.28 bits per heavy atom. The number of nitrogens with one attached hydrogen (secondary N) is 1. The quantitative estimate of drug-likeness (QED) is 0.786. The number of carboxylic acids is 1. The van der Waals surface area contributed by atoms with Gasteiger partial charge in [0.1, 0.15) is 5.69 Å². The number of aromatic carboxylic acids is 1. The van der Waals surface area contributed by atoms with E-state index in [0.29, 0.717) is 13.0 Å². The molecule has 1 aromatic heterocycles. The van der Waals surface area contributed by atoms with Gasteiger partial charge in [0.15, 0.2) is 0 Å². The number of carbonyl (C=O) groups is 2. The van der Waals surface area contributed by atoms with Crippen LogP contribution in [0.3, 0.4) is 0 Å². The molecular weight excluding hydrogens is 236 g/mol. The fraction of sp³-hybridized carbons (Fsp3) is 0.417. The zero-order chi connectivity index (χ0) is 13.5. The van der Waals surface area contributed by atoms with Crippen molar-refractivity contribution >= 4 is 11.9 Å². The minimum absolute atomic E-state index is 0.0427. The number of hydrogen-bond donors (Lipinski definition) is 2. The maximum Gasteiger partial charge on any atom is 0.354 e. The number of pyridine rings is 1. The molecule has 0 aromatic carbocycles. The zero-order valence-corrected chi connectivity index (χ0v) is 10.3. The standard InChI is InChI=1S/C12H16N2O4/c1-8(4-6-18-2)14-11(15)9-3-5-13-10(7-9)12(16)17/h3,5,7-8H,4,6H2,1-2H3,(H,14,15)(H,16,17). The lowest BCUT2D eigenvalue weighted by atomic mass is 10.2. The Balaban J connectivity index is 2.66. The van der Waals surface area contributed by atoms with Gasteiger partial charge in [-0.05, 0) is 25.5 Å². The molecule has 0 saturated carbocycles. The van der Waals surface area contributed by atoms with Crippen molar-refractivity contribution in [2.45, 2.75) is 19.4 Å². The first-order valence-electron chi connectivity index (χ1n) is 5.53. The molecule has 6 nitrogen and oxygen atoms in total. The van der Waals surface area contributed by atoms with Crippen molar-refractivity contribution in [1.82, 2.24) is 10.3 Å². The van der Waals surface area contributed by atoms with Crippen molar-refractivity contribution in [3.05, 3.63) is 29.6 Å². The summed E-state index contributed by atoms with van der Waals surface area (Å²) in [5, 5.41) is 11.5. The summed E-state index contributed by atoms with van der Waals surface area (Å²) < 4.78 is 4.91. The average molecular weight is 252 g/mol. The van der Waals surface area contributed by atoms with Crippen LogP contribution in [0.2, 0.25) is 0 Å². The molecule has 1 atom stereocenters. The van der Waals surface area contributed by atoms with Crippen molar-refractivity contribution in [3.63, 3.8) is 0 Å². The van der Waals surface area contributed by atoms with Crippen LogP contribution in [0.4, 0.5) is 0 Å². The van der Waals surface area contributed by atoms with Crippen LogP contribution in [0, 0.1) is 0 Å². The van der Waals surface area contributed by atoms with Gasteiger partial charge in [-0.15, -0.1) is 0 Å². The van der Waals surface area contributed by atoms with Crippen LogP contribution in [0.15, 0.2) is 18.3 Å². The van der Waals surface area contributed by atoms with E-state index in [-0.39, 0.29) is 23.2 Å². The molecular formula is C12H16N2O4. The lowest BCUT2D eigenvalue weighted by Crippen LogP contribution is -2.33. The summed E-state index contributed by atoms with van der Waals surface area (Å²) in [5.74, 6) is -1.47. The van der Waals surface area contributed by atoms with Crippen molar-refractivity contribution < 1.29 is 19.4 Å². The summed E-state index contributed by atoms with van der Waals surface area (Å²) in [6.07, 6.45) is 2.00. The Hall–Kier alpha value is -1.95. The van der Waals surface area contributed by atoms with Gasteiger partial charge in [0.25, 0.3) is 5.91 Å². The van der Waals surface area contributed by atoms with E-state index in [4.69, 9.17) is 9.84 Å². The predicted molar refractivity (Wildman–Crippen MR) is 64.6 cm³/mol. The van der Waals surface area contributed by atoms with Gasteiger partial charge in [-0.1, -0.05) is 0 Å². The highest BCUT2D eigenvalue weighted by Gasteiger charge is 2.12. The lowest BCUT2D eigenvalue weighted by molar-refractivity contribution is 0.0690. The van der Waals surface area contributed by atoms with Crippen molar-refractivity contribution in [2.24, 2.45) is 0 Å². The third-order valence-electron chi connectivity index (χ3n) is 2.37. The van der Waals surface area contributed by atoms with E-state index in [0.717, 1.165) is 0 Å². The topological polar surface area (TPSA) is 88.5 Å². The van der Waals surface area contributed by atoms with Gasteiger partial charge in [-0.3, -0.25) is 4.79 Å². The zero-order valence-electron chi connectivity index (χ0n) is 10.3. The van der Waals surface area contributed by atoms with Crippen molar-refractivity contribution in [3.8, 4) is 0 Å². The van der Waals surface area contributed by atoms with Crippen LogP contribution >= 0.6 is 0 Å². The second kappa shape index (κ2) is 6.70. The van der Waals surface area contributed by atoms with E-state index in [1.165, 1.54) is 18.3 Å². The second-order valence-electron chi connectivity index (χ2n) is 3.89. The molecule has 1 unspecified atom stereocenters. The molecule has 98 valence electrons. The normalized spacial score (nSPS) is 11.9. The Morgan fingerprint density at radius 3 is 2.89 bits per heavy atom. The first-order valence-corrected chi connectivity index (χ1v) is 5.53. The molecule has 0 spiro atoms. The van der Waals surface area contributed by atoms with Crippen LogP contribution in [0.5, 0.6) is 0 Å². The number of ether oxygens (including phenoxy) is 1.